The topological polar surface area (TPSA) is 63.9 Å². The first-order chi connectivity index (χ1) is 8.99. The van der Waals surface area contributed by atoms with Crippen LogP contribution in [0.1, 0.15) is 19.5 Å². The van der Waals surface area contributed by atoms with Crippen molar-refractivity contribution in [3.63, 3.8) is 0 Å². The maximum atomic E-state index is 11.0. The number of aromatic nitrogens is 2. The van der Waals surface area contributed by atoms with E-state index in [0.29, 0.717) is 16.2 Å². The molecule has 1 N–H and O–H groups in total. The minimum Gasteiger partial charge on any atom is -0.297 e. The number of para-hydroxylation sites is 2. The number of nitrogens with one attached hydrogen (secondary N) is 1. The van der Waals surface area contributed by atoms with Crippen molar-refractivity contribution in [2.45, 2.75) is 20.3 Å². The van der Waals surface area contributed by atoms with Gasteiger partial charge in [0.05, 0.1) is 4.92 Å². The molecular weight excluding hydrogens is 262 g/mol. The Balaban J connectivity index is 2.51. The van der Waals surface area contributed by atoms with Gasteiger partial charge >= 0.3 is 0 Å². The van der Waals surface area contributed by atoms with Gasteiger partial charge in [0.1, 0.15) is 10.3 Å². The number of hydrogen-bond donors (Lipinski definition) is 1. The average Bonchev–Trinajstić information content (AvgIpc) is 2.69. The molecule has 1 aromatic heterocycles. The summed E-state index contributed by atoms with van der Waals surface area (Å²) in [5, 5.41) is 14.2. The normalized spacial score (nSPS) is 10.9. The van der Waals surface area contributed by atoms with Crippen LogP contribution in [0.2, 0.25) is 0 Å². The minimum absolute atomic E-state index is 0.0385. The summed E-state index contributed by atoms with van der Waals surface area (Å²) in [5.74, 6) is 0.493. The molecule has 0 unspecified atom stereocenters. The molecule has 0 saturated carbocycles. The number of nitro groups is 1. The van der Waals surface area contributed by atoms with Crippen LogP contribution in [-0.4, -0.2) is 14.7 Å². The van der Waals surface area contributed by atoms with E-state index in [1.54, 1.807) is 22.9 Å². The van der Waals surface area contributed by atoms with Crippen molar-refractivity contribution in [2.75, 3.05) is 0 Å². The summed E-state index contributed by atoms with van der Waals surface area (Å²) in [6.07, 6.45) is 0.858. The molecule has 0 amide bonds. The summed E-state index contributed by atoms with van der Waals surface area (Å²) in [6, 6.07) is 8.41. The van der Waals surface area contributed by atoms with E-state index < -0.39 is 4.92 Å². The Morgan fingerprint density at radius 2 is 2.11 bits per heavy atom. The van der Waals surface area contributed by atoms with Crippen LogP contribution >= 0.6 is 12.2 Å². The number of aromatic amines is 1. The largest absolute Gasteiger partial charge is 0.297 e. The van der Waals surface area contributed by atoms with Gasteiger partial charge in [-0.1, -0.05) is 38.2 Å². The number of nitrogens with zero attached hydrogens (tertiary/aromatic N) is 2. The SMILES string of the molecule is CC(C)Cc1cc(=S)n(-c2ccccc2[N+](=O)[O-])[nH]1. The van der Waals surface area contributed by atoms with Crippen molar-refractivity contribution in [1.82, 2.24) is 9.78 Å². The molecule has 0 atom stereocenters. The van der Waals surface area contributed by atoms with Crippen molar-refractivity contribution >= 4 is 17.9 Å². The Hall–Kier alpha value is -1.95. The molecule has 0 bridgehead atoms. The van der Waals surface area contributed by atoms with E-state index in [2.05, 4.69) is 18.9 Å². The van der Waals surface area contributed by atoms with Crippen molar-refractivity contribution < 1.29 is 4.92 Å². The summed E-state index contributed by atoms with van der Waals surface area (Å²) in [4.78, 5) is 10.6. The van der Waals surface area contributed by atoms with Gasteiger partial charge in [-0.05, 0) is 24.5 Å². The fourth-order valence-corrected chi connectivity index (χ4v) is 2.26. The first kappa shape index (κ1) is 13.5. The lowest BCUT2D eigenvalue weighted by Crippen LogP contribution is -2.03. The fraction of sp³-hybridized carbons (Fsp3) is 0.308. The lowest BCUT2D eigenvalue weighted by molar-refractivity contribution is -0.384. The Morgan fingerprint density at radius 1 is 1.42 bits per heavy atom. The van der Waals surface area contributed by atoms with Gasteiger partial charge < -0.3 is 0 Å². The standard InChI is InChI=1S/C13H15N3O2S/c1-9(2)7-10-8-13(19)15(14-10)11-5-3-4-6-12(11)16(17)18/h3-6,8-9,14H,7H2,1-2H3. The minimum atomic E-state index is -0.403. The molecule has 2 aromatic rings. The molecule has 1 aromatic carbocycles. The van der Waals surface area contributed by atoms with Gasteiger partial charge in [0.15, 0.2) is 0 Å². The quantitative estimate of drug-likeness (QED) is 0.527. The van der Waals surface area contributed by atoms with Gasteiger partial charge in [-0.15, -0.1) is 0 Å². The highest BCUT2D eigenvalue weighted by molar-refractivity contribution is 7.71. The lowest BCUT2D eigenvalue weighted by Gasteiger charge is -2.05. The maximum Gasteiger partial charge on any atom is 0.294 e. The van der Waals surface area contributed by atoms with Gasteiger partial charge in [-0.3, -0.25) is 15.2 Å². The zero-order valence-electron chi connectivity index (χ0n) is 10.8. The third-order valence-electron chi connectivity index (χ3n) is 2.72. The molecule has 0 aliphatic heterocycles. The first-order valence-corrected chi connectivity index (χ1v) is 6.44. The van der Waals surface area contributed by atoms with Gasteiger partial charge in [-0.25, -0.2) is 4.68 Å². The Bertz CT molecular complexity index is 658. The highest BCUT2D eigenvalue weighted by atomic mass is 32.1. The number of nitro benzene ring substituents is 1. The fourth-order valence-electron chi connectivity index (χ4n) is 1.98. The van der Waals surface area contributed by atoms with E-state index in [4.69, 9.17) is 12.2 Å². The Labute approximate surface area is 116 Å². The molecule has 0 aliphatic carbocycles. The second-order valence-electron chi connectivity index (χ2n) is 4.80. The summed E-state index contributed by atoms with van der Waals surface area (Å²) >= 11 is 5.26. The van der Waals surface area contributed by atoms with Crippen LogP contribution in [0.3, 0.4) is 0 Å². The second kappa shape index (κ2) is 5.36. The van der Waals surface area contributed by atoms with Gasteiger partial charge in [0, 0.05) is 11.8 Å². The molecule has 19 heavy (non-hydrogen) atoms. The number of hydrogen-bond acceptors (Lipinski definition) is 3. The third-order valence-corrected chi connectivity index (χ3v) is 3.02. The predicted octanol–water partition coefficient (Wildman–Crippen LogP) is 3.64. The van der Waals surface area contributed by atoms with Crippen LogP contribution < -0.4 is 0 Å². The van der Waals surface area contributed by atoms with Crippen LogP contribution in [0.4, 0.5) is 5.69 Å². The lowest BCUT2D eigenvalue weighted by atomic mass is 10.1. The van der Waals surface area contributed by atoms with Crippen molar-refractivity contribution in [2.24, 2.45) is 5.92 Å². The Morgan fingerprint density at radius 3 is 2.74 bits per heavy atom. The highest BCUT2D eigenvalue weighted by Crippen LogP contribution is 2.22. The molecule has 100 valence electrons. The van der Waals surface area contributed by atoms with E-state index in [0.717, 1.165) is 12.1 Å². The smallest absolute Gasteiger partial charge is 0.294 e. The maximum absolute atomic E-state index is 11.0. The molecule has 0 radical (unpaired) electrons. The zero-order chi connectivity index (χ0) is 14.0. The second-order valence-corrected chi connectivity index (χ2v) is 5.22. The molecule has 0 aliphatic rings. The van der Waals surface area contributed by atoms with Crippen LogP contribution in [0.15, 0.2) is 30.3 Å². The van der Waals surface area contributed by atoms with Crippen molar-refractivity contribution in [3.8, 4) is 5.69 Å². The molecule has 0 saturated heterocycles. The van der Waals surface area contributed by atoms with Gasteiger partial charge in [0.2, 0.25) is 0 Å². The van der Waals surface area contributed by atoms with Crippen LogP contribution in [0.25, 0.3) is 5.69 Å². The number of rotatable bonds is 4. The zero-order valence-corrected chi connectivity index (χ0v) is 11.6. The predicted molar refractivity (Wildman–Crippen MR) is 76.2 cm³/mol. The van der Waals surface area contributed by atoms with Crippen LogP contribution in [0, 0.1) is 20.7 Å². The molecule has 0 spiro atoms. The summed E-state index contributed by atoms with van der Waals surface area (Å²) in [5.41, 5.74) is 1.49. The highest BCUT2D eigenvalue weighted by Gasteiger charge is 2.15. The van der Waals surface area contributed by atoms with Crippen molar-refractivity contribution in [1.29, 1.82) is 0 Å². The third kappa shape index (κ3) is 2.90. The van der Waals surface area contributed by atoms with E-state index in [-0.39, 0.29) is 5.69 Å². The molecular formula is C13H15N3O2S. The molecule has 5 nitrogen and oxygen atoms in total. The molecule has 2 rings (SSSR count). The first-order valence-electron chi connectivity index (χ1n) is 6.03. The van der Waals surface area contributed by atoms with Gasteiger partial charge in [0.25, 0.3) is 5.69 Å². The van der Waals surface area contributed by atoms with E-state index >= 15 is 0 Å². The Kier molecular flexibility index (Phi) is 3.80. The molecule has 6 heteroatoms. The summed E-state index contributed by atoms with van der Waals surface area (Å²) in [7, 11) is 0. The van der Waals surface area contributed by atoms with Crippen LogP contribution in [-0.2, 0) is 6.42 Å². The number of H-pyrrole nitrogens is 1. The summed E-state index contributed by atoms with van der Waals surface area (Å²) in [6.45, 7) is 4.22. The average molecular weight is 277 g/mol. The molecule has 0 fully saturated rings. The van der Waals surface area contributed by atoms with E-state index in [1.807, 2.05) is 6.07 Å². The van der Waals surface area contributed by atoms with Crippen LogP contribution in [0.5, 0.6) is 0 Å². The monoisotopic (exact) mass is 277 g/mol. The van der Waals surface area contributed by atoms with E-state index in [9.17, 15) is 10.1 Å². The number of benzene rings is 1. The molecule has 1 heterocycles. The van der Waals surface area contributed by atoms with E-state index in [1.165, 1.54) is 6.07 Å². The van der Waals surface area contributed by atoms with Gasteiger partial charge in [-0.2, -0.15) is 0 Å². The van der Waals surface area contributed by atoms with Crippen molar-refractivity contribution in [3.05, 3.63) is 50.8 Å². The summed E-state index contributed by atoms with van der Waals surface area (Å²) < 4.78 is 2.13.